The van der Waals surface area contributed by atoms with E-state index in [0.29, 0.717) is 12.5 Å². The second-order valence-electron chi connectivity index (χ2n) is 6.64. The van der Waals surface area contributed by atoms with E-state index in [9.17, 15) is 0 Å². The number of hydrogen-bond donors (Lipinski definition) is 1. The molecule has 1 atom stereocenters. The first-order valence-corrected chi connectivity index (χ1v) is 8.99. The number of ether oxygens (including phenoxy) is 1. The Labute approximate surface area is 153 Å². The fourth-order valence-corrected chi connectivity index (χ4v) is 3.60. The van der Waals surface area contributed by atoms with Crippen molar-refractivity contribution in [3.8, 4) is 5.88 Å². The zero-order valence-electron chi connectivity index (χ0n) is 15.4. The van der Waals surface area contributed by atoms with Crippen molar-refractivity contribution in [3.05, 3.63) is 59.1 Å². The molecule has 3 aromatic heterocycles. The van der Waals surface area contributed by atoms with Crippen LogP contribution in [0.2, 0.25) is 0 Å². The quantitative estimate of drug-likeness (QED) is 0.763. The van der Waals surface area contributed by atoms with Gasteiger partial charge in [-0.1, -0.05) is 6.07 Å². The third-order valence-corrected chi connectivity index (χ3v) is 5.07. The minimum Gasteiger partial charge on any atom is -0.478 e. The fraction of sp³-hybridized carbons (Fsp3) is 0.421. The van der Waals surface area contributed by atoms with Crippen molar-refractivity contribution in [2.24, 2.45) is 7.05 Å². The summed E-state index contributed by atoms with van der Waals surface area (Å²) in [5.41, 5.74) is 5.87. The van der Waals surface area contributed by atoms with Gasteiger partial charge < -0.3 is 9.72 Å². The average molecular weight is 352 g/mol. The number of aryl methyl sites for hydroxylation is 1. The van der Waals surface area contributed by atoms with Crippen LogP contribution in [0, 0.1) is 6.92 Å². The Morgan fingerprint density at radius 3 is 2.85 bits per heavy atom. The Morgan fingerprint density at radius 2 is 2.15 bits per heavy atom. The SMILES string of the molecule is CCOc1ccc(CN2CCc3[nH]cnc3[C@@H]2c2cnn(C)c2C)cn1. The number of hydrogen-bond acceptors (Lipinski definition) is 5. The summed E-state index contributed by atoms with van der Waals surface area (Å²) in [6, 6.07) is 4.13. The van der Waals surface area contributed by atoms with E-state index in [0.717, 1.165) is 25.2 Å². The van der Waals surface area contributed by atoms with E-state index in [4.69, 9.17) is 4.74 Å². The highest BCUT2D eigenvalue weighted by atomic mass is 16.5. The Bertz CT molecular complexity index is 882. The normalized spacial score (nSPS) is 17.3. The number of nitrogens with zero attached hydrogens (tertiary/aromatic N) is 5. The number of aromatic nitrogens is 5. The van der Waals surface area contributed by atoms with E-state index in [-0.39, 0.29) is 6.04 Å². The highest BCUT2D eigenvalue weighted by Crippen LogP contribution is 2.35. The average Bonchev–Trinajstić information content (AvgIpc) is 3.25. The lowest BCUT2D eigenvalue weighted by Gasteiger charge is -2.35. The maximum Gasteiger partial charge on any atom is 0.213 e. The van der Waals surface area contributed by atoms with Gasteiger partial charge in [0.05, 0.1) is 30.9 Å². The second-order valence-corrected chi connectivity index (χ2v) is 6.64. The highest BCUT2D eigenvalue weighted by Gasteiger charge is 2.33. The van der Waals surface area contributed by atoms with Gasteiger partial charge in [-0.15, -0.1) is 0 Å². The molecule has 0 unspecified atom stereocenters. The summed E-state index contributed by atoms with van der Waals surface area (Å²) < 4.78 is 7.37. The zero-order chi connectivity index (χ0) is 18.1. The van der Waals surface area contributed by atoms with Crippen LogP contribution in [0.25, 0.3) is 0 Å². The Morgan fingerprint density at radius 1 is 1.27 bits per heavy atom. The molecule has 4 heterocycles. The summed E-state index contributed by atoms with van der Waals surface area (Å²) in [6.45, 7) is 6.47. The summed E-state index contributed by atoms with van der Waals surface area (Å²) in [5, 5.41) is 4.45. The van der Waals surface area contributed by atoms with Gasteiger partial charge in [-0.2, -0.15) is 5.10 Å². The van der Waals surface area contributed by atoms with Crippen LogP contribution < -0.4 is 4.74 Å². The van der Waals surface area contributed by atoms with Gasteiger partial charge in [-0.25, -0.2) is 9.97 Å². The lowest BCUT2D eigenvalue weighted by molar-refractivity contribution is 0.199. The molecule has 7 nitrogen and oxygen atoms in total. The van der Waals surface area contributed by atoms with Gasteiger partial charge in [0.15, 0.2) is 0 Å². The smallest absolute Gasteiger partial charge is 0.213 e. The molecule has 1 N–H and O–H groups in total. The Hall–Kier alpha value is -2.67. The first-order valence-electron chi connectivity index (χ1n) is 8.99. The molecular weight excluding hydrogens is 328 g/mol. The molecule has 0 amide bonds. The van der Waals surface area contributed by atoms with Crippen molar-refractivity contribution < 1.29 is 4.74 Å². The lowest BCUT2D eigenvalue weighted by Crippen LogP contribution is -2.36. The van der Waals surface area contributed by atoms with Crippen LogP contribution in [0.3, 0.4) is 0 Å². The van der Waals surface area contributed by atoms with E-state index in [2.05, 4.69) is 37.9 Å². The predicted octanol–water partition coefficient (Wildman–Crippen LogP) is 2.39. The number of nitrogens with one attached hydrogen (secondary N) is 1. The molecule has 3 aromatic rings. The molecule has 1 aliphatic rings. The molecule has 0 aliphatic carbocycles. The number of fused-ring (bicyclic) bond motifs is 1. The van der Waals surface area contributed by atoms with Crippen LogP contribution in [0.15, 0.2) is 30.9 Å². The number of imidazole rings is 1. The minimum atomic E-state index is 0.102. The van der Waals surface area contributed by atoms with E-state index in [1.807, 2.05) is 37.1 Å². The molecule has 0 radical (unpaired) electrons. The van der Waals surface area contributed by atoms with Gasteiger partial charge in [-0.05, 0) is 19.4 Å². The number of rotatable bonds is 5. The number of aromatic amines is 1. The van der Waals surface area contributed by atoms with Gasteiger partial charge in [0, 0.05) is 55.8 Å². The Kier molecular flexibility index (Phi) is 4.46. The first kappa shape index (κ1) is 16.8. The summed E-state index contributed by atoms with van der Waals surface area (Å²) in [4.78, 5) is 14.8. The van der Waals surface area contributed by atoms with Gasteiger partial charge in [0.1, 0.15) is 0 Å². The van der Waals surface area contributed by atoms with Crippen LogP contribution in [-0.4, -0.2) is 42.8 Å². The van der Waals surface area contributed by atoms with Crippen LogP contribution >= 0.6 is 0 Å². The Balaban J connectivity index is 1.65. The molecule has 26 heavy (non-hydrogen) atoms. The molecule has 136 valence electrons. The van der Waals surface area contributed by atoms with Crippen LogP contribution in [-0.2, 0) is 20.0 Å². The van der Waals surface area contributed by atoms with Crippen molar-refractivity contribution in [3.63, 3.8) is 0 Å². The molecule has 0 spiro atoms. The molecule has 7 heteroatoms. The second kappa shape index (κ2) is 6.92. The topological polar surface area (TPSA) is 71.9 Å². The monoisotopic (exact) mass is 352 g/mol. The largest absolute Gasteiger partial charge is 0.478 e. The molecule has 0 bridgehead atoms. The molecule has 0 fully saturated rings. The van der Waals surface area contributed by atoms with E-state index < -0.39 is 0 Å². The van der Waals surface area contributed by atoms with Crippen molar-refractivity contribution in [1.29, 1.82) is 0 Å². The van der Waals surface area contributed by atoms with Crippen molar-refractivity contribution >= 4 is 0 Å². The molecule has 0 saturated carbocycles. The van der Waals surface area contributed by atoms with Crippen LogP contribution in [0.5, 0.6) is 5.88 Å². The van der Waals surface area contributed by atoms with Crippen molar-refractivity contribution in [2.45, 2.75) is 32.9 Å². The molecular formula is C19H24N6O. The van der Waals surface area contributed by atoms with Gasteiger partial charge >= 0.3 is 0 Å². The van der Waals surface area contributed by atoms with E-state index in [1.165, 1.54) is 22.5 Å². The molecule has 0 saturated heterocycles. The maximum atomic E-state index is 5.45. The van der Waals surface area contributed by atoms with Crippen LogP contribution in [0.4, 0.5) is 0 Å². The summed E-state index contributed by atoms with van der Waals surface area (Å²) in [6.07, 6.45) is 6.63. The number of H-pyrrole nitrogens is 1. The van der Waals surface area contributed by atoms with Gasteiger partial charge in [0.2, 0.25) is 5.88 Å². The zero-order valence-corrected chi connectivity index (χ0v) is 15.4. The molecule has 1 aliphatic heterocycles. The maximum absolute atomic E-state index is 5.45. The molecule has 4 rings (SSSR count). The summed E-state index contributed by atoms with van der Waals surface area (Å²) >= 11 is 0. The highest BCUT2D eigenvalue weighted by molar-refractivity contribution is 5.34. The van der Waals surface area contributed by atoms with E-state index >= 15 is 0 Å². The minimum absolute atomic E-state index is 0.102. The number of pyridine rings is 1. The van der Waals surface area contributed by atoms with E-state index in [1.54, 1.807) is 6.33 Å². The van der Waals surface area contributed by atoms with Gasteiger partial charge in [-0.3, -0.25) is 9.58 Å². The van der Waals surface area contributed by atoms with Crippen LogP contribution in [0.1, 0.15) is 41.2 Å². The predicted molar refractivity (Wildman–Crippen MR) is 97.9 cm³/mol. The third-order valence-electron chi connectivity index (χ3n) is 5.07. The van der Waals surface area contributed by atoms with Crippen molar-refractivity contribution in [1.82, 2.24) is 29.6 Å². The fourth-order valence-electron chi connectivity index (χ4n) is 3.60. The summed E-state index contributed by atoms with van der Waals surface area (Å²) in [7, 11) is 1.98. The van der Waals surface area contributed by atoms with Crippen molar-refractivity contribution in [2.75, 3.05) is 13.2 Å². The molecule has 0 aromatic carbocycles. The first-order chi connectivity index (χ1) is 12.7. The summed E-state index contributed by atoms with van der Waals surface area (Å²) in [5.74, 6) is 0.670. The van der Waals surface area contributed by atoms with Gasteiger partial charge in [0.25, 0.3) is 0 Å². The standard InChI is InChI=1S/C19H24N6O/c1-4-26-17-6-5-14(9-20-17)11-25-8-7-16-18(22-12-21-16)19(25)15-10-23-24(3)13(15)2/h5-6,9-10,12,19H,4,7-8,11H2,1-3H3,(H,21,22)/t19-/m0/s1. The lowest BCUT2D eigenvalue weighted by atomic mass is 9.95. The third kappa shape index (κ3) is 2.99.